The highest BCUT2D eigenvalue weighted by atomic mass is 16.4. The molecule has 0 amide bonds. The second-order valence-corrected chi connectivity index (χ2v) is 2.16. The van der Waals surface area contributed by atoms with Crippen molar-refractivity contribution in [3.8, 4) is 11.5 Å². The van der Waals surface area contributed by atoms with Crippen LogP contribution in [0, 0.1) is 0 Å². The van der Waals surface area contributed by atoms with Crippen molar-refractivity contribution >= 4 is 5.97 Å². The number of nitrogens with one attached hydrogen (secondary N) is 2. The summed E-state index contributed by atoms with van der Waals surface area (Å²) in [5.41, 5.74) is -0.0400. The minimum atomic E-state index is -1.17. The van der Waals surface area contributed by atoms with Gasteiger partial charge in [0.05, 0.1) is 0 Å². The second-order valence-electron chi connectivity index (χ2n) is 2.16. The third-order valence-electron chi connectivity index (χ3n) is 1.39. The molecule has 2 heterocycles. The lowest BCUT2D eigenvalue weighted by Crippen LogP contribution is -1.99. The molecule has 0 saturated heterocycles. The molecule has 0 aliphatic heterocycles. The molecule has 2 rings (SSSR count). The predicted octanol–water partition coefficient (Wildman–Crippen LogP) is -0.712. The summed E-state index contributed by atoms with van der Waals surface area (Å²) in [6.07, 6.45) is 1.26. The van der Waals surface area contributed by atoms with Gasteiger partial charge in [0.1, 0.15) is 6.33 Å². The fourth-order valence-electron chi connectivity index (χ4n) is 0.865. The van der Waals surface area contributed by atoms with Crippen LogP contribution in [0.1, 0.15) is 10.5 Å². The molecule has 0 unspecified atom stereocenters. The quantitative estimate of drug-likeness (QED) is 0.561. The Labute approximate surface area is 71.0 Å². The lowest BCUT2D eigenvalue weighted by atomic mass is 10.3. The van der Waals surface area contributed by atoms with Gasteiger partial charge in [-0.05, 0) is 0 Å². The molecule has 8 heteroatoms. The molecule has 2 aromatic rings. The minimum absolute atomic E-state index is 0.144. The van der Waals surface area contributed by atoms with Crippen molar-refractivity contribution in [1.29, 1.82) is 0 Å². The highest BCUT2D eigenvalue weighted by Gasteiger charge is 2.18. The van der Waals surface area contributed by atoms with E-state index in [4.69, 9.17) is 5.11 Å². The predicted molar refractivity (Wildman–Crippen MR) is 38.7 cm³/mol. The first-order valence-corrected chi connectivity index (χ1v) is 3.29. The third-order valence-corrected chi connectivity index (χ3v) is 1.39. The Bertz CT molecular complexity index is 418. The number of aromatic amines is 2. The van der Waals surface area contributed by atoms with Crippen LogP contribution >= 0.6 is 0 Å². The van der Waals surface area contributed by atoms with Crippen molar-refractivity contribution in [3.63, 3.8) is 0 Å². The molecular weight excluding hydrogens is 176 g/mol. The summed E-state index contributed by atoms with van der Waals surface area (Å²) in [6, 6.07) is 0. The van der Waals surface area contributed by atoms with E-state index in [0.29, 0.717) is 0 Å². The summed E-state index contributed by atoms with van der Waals surface area (Å²) in [4.78, 5) is 14.3. The van der Waals surface area contributed by atoms with Gasteiger partial charge in [-0.15, -0.1) is 5.10 Å². The van der Waals surface area contributed by atoms with Crippen molar-refractivity contribution in [2.24, 2.45) is 0 Å². The zero-order valence-corrected chi connectivity index (χ0v) is 6.22. The molecule has 0 aromatic carbocycles. The first-order chi connectivity index (χ1) is 6.29. The lowest BCUT2D eigenvalue weighted by molar-refractivity contribution is 0.0691. The van der Waals surface area contributed by atoms with Crippen LogP contribution in [-0.4, -0.2) is 41.7 Å². The highest BCUT2D eigenvalue weighted by Crippen LogP contribution is 2.12. The number of H-pyrrole nitrogens is 2. The number of hydrogen-bond donors (Lipinski definition) is 3. The maximum atomic E-state index is 10.6. The highest BCUT2D eigenvalue weighted by molar-refractivity contribution is 5.91. The average Bonchev–Trinajstić information content (AvgIpc) is 2.74. The molecule has 0 aliphatic rings. The van der Waals surface area contributed by atoms with Crippen LogP contribution in [0.4, 0.5) is 0 Å². The Morgan fingerprint density at radius 1 is 1.46 bits per heavy atom. The maximum absolute atomic E-state index is 10.6. The Hall–Kier alpha value is -2.25. The zero-order chi connectivity index (χ0) is 9.26. The molecule has 2 aromatic heterocycles. The third kappa shape index (κ3) is 1.13. The molecule has 3 N–H and O–H groups in total. The Kier molecular flexibility index (Phi) is 1.51. The van der Waals surface area contributed by atoms with E-state index in [1.165, 1.54) is 6.33 Å². The monoisotopic (exact) mass is 180 g/mol. The van der Waals surface area contributed by atoms with E-state index in [2.05, 4.69) is 30.6 Å². The first kappa shape index (κ1) is 7.40. The van der Waals surface area contributed by atoms with Gasteiger partial charge in [0.2, 0.25) is 5.69 Å². The number of carboxylic acids is 1. The summed E-state index contributed by atoms with van der Waals surface area (Å²) in [6.45, 7) is 0. The molecular formula is C5H4N6O2. The number of rotatable bonds is 2. The Balaban J connectivity index is 2.52. The molecule has 0 spiro atoms. The minimum Gasteiger partial charge on any atom is -0.476 e. The van der Waals surface area contributed by atoms with Gasteiger partial charge in [0.25, 0.3) is 0 Å². The summed E-state index contributed by atoms with van der Waals surface area (Å²) in [5, 5.41) is 24.0. The van der Waals surface area contributed by atoms with E-state index >= 15 is 0 Å². The lowest BCUT2D eigenvalue weighted by Gasteiger charge is -1.88. The summed E-state index contributed by atoms with van der Waals surface area (Å²) in [5.74, 6) is -0.897. The Morgan fingerprint density at radius 3 is 2.92 bits per heavy atom. The maximum Gasteiger partial charge on any atom is 0.358 e. The molecule has 0 fully saturated rings. The molecule has 13 heavy (non-hydrogen) atoms. The van der Waals surface area contributed by atoms with Gasteiger partial charge < -0.3 is 5.11 Å². The van der Waals surface area contributed by atoms with Crippen molar-refractivity contribution in [2.75, 3.05) is 0 Å². The summed E-state index contributed by atoms with van der Waals surface area (Å²) < 4.78 is 0. The standard InChI is InChI=1S/C5H4N6O2/c12-5(13)3-2(8-11-9-3)4-6-1-7-10-4/h1H,(H,12,13)(H,6,7,10)(H,8,9,11). The van der Waals surface area contributed by atoms with E-state index in [1.807, 2.05) is 0 Å². The summed E-state index contributed by atoms with van der Waals surface area (Å²) in [7, 11) is 0. The summed E-state index contributed by atoms with van der Waals surface area (Å²) >= 11 is 0. The van der Waals surface area contributed by atoms with Crippen LogP contribution in [0.25, 0.3) is 11.5 Å². The van der Waals surface area contributed by atoms with E-state index < -0.39 is 5.97 Å². The zero-order valence-electron chi connectivity index (χ0n) is 6.22. The van der Waals surface area contributed by atoms with Crippen LogP contribution in [0.2, 0.25) is 0 Å². The Morgan fingerprint density at radius 2 is 2.31 bits per heavy atom. The second kappa shape index (κ2) is 2.66. The number of carboxylic acid groups (broad SMARTS) is 1. The van der Waals surface area contributed by atoms with Gasteiger partial charge in [-0.25, -0.2) is 9.78 Å². The number of aromatic nitrogens is 6. The molecule has 0 atom stereocenters. The normalized spacial score (nSPS) is 10.2. The molecule has 0 aliphatic carbocycles. The van der Waals surface area contributed by atoms with Crippen LogP contribution in [0.3, 0.4) is 0 Å². The van der Waals surface area contributed by atoms with Crippen molar-refractivity contribution in [3.05, 3.63) is 12.0 Å². The average molecular weight is 180 g/mol. The van der Waals surface area contributed by atoms with Gasteiger partial charge >= 0.3 is 5.97 Å². The SMILES string of the molecule is O=C(O)c1n[nH]nc1-c1ncn[nH]1. The molecule has 0 radical (unpaired) electrons. The van der Waals surface area contributed by atoms with Gasteiger partial charge in [-0.1, -0.05) is 0 Å². The fraction of sp³-hybridized carbons (Fsp3) is 0. The topological polar surface area (TPSA) is 120 Å². The molecule has 0 bridgehead atoms. The van der Waals surface area contributed by atoms with Crippen LogP contribution in [0.15, 0.2) is 6.33 Å². The number of carbonyl (C=O) groups is 1. The van der Waals surface area contributed by atoms with Crippen molar-refractivity contribution < 1.29 is 9.90 Å². The molecule has 0 saturated carbocycles. The van der Waals surface area contributed by atoms with E-state index in [0.717, 1.165) is 0 Å². The van der Waals surface area contributed by atoms with Gasteiger partial charge in [0, 0.05) is 0 Å². The van der Waals surface area contributed by atoms with Crippen molar-refractivity contribution in [1.82, 2.24) is 30.6 Å². The number of nitrogens with zero attached hydrogens (tertiary/aromatic N) is 4. The van der Waals surface area contributed by atoms with Crippen LogP contribution < -0.4 is 0 Å². The van der Waals surface area contributed by atoms with E-state index in [-0.39, 0.29) is 17.2 Å². The van der Waals surface area contributed by atoms with E-state index in [1.54, 1.807) is 0 Å². The largest absolute Gasteiger partial charge is 0.476 e. The van der Waals surface area contributed by atoms with Gasteiger partial charge in [-0.3, -0.25) is 5.10 Å². The van der Waals surface area contributed by atoms with Crippen LogP contribution in [-0.2, 0) is 0 Å². The first-order valence-electron chi connectivity index (χ1n) is 3.29. The van der Waals surface area contributed by atoms with E-state index in [9.17, 15) is 4.79 Å². The van der Waals surface area contributed by atoms with Crippen LogP contribution in [0.5, 0.6) is 0 Å². The number of hydrogen-bond acceptors (Lipinski definition) is 5. The number of aromatic carboxylic acids is 1. The van der Waals surface area contributed by atoms with Gasteiger partial charge in [0.15, 0.2) is 11.5 Å². The van der Waals surface area contributed by atoms with Crippen molar-refractivity contribution in [2.45, 2.75) is 0 Å². The smallest absolute Gasteiger partial charge is 0.358 e. The van der Waals surface area contributed by atoms with Gasteiger partial charge in [-0.2, -0.15) is 15.4 Å². The fourth-order valence-corrected chi connectivity index (χ4v) is 0.865. The molecule has 66 valence electrons. The molecule has 8 nitrogen and oxygen atoms in total.